The fourth-order valence-corrected chi connectivity index (χ4v) is 3.49. The first-order chi connectivity index (χ1) is 14.0. The van der Waals surface area contributed by atoms with E-state index < -0.39 is 5.60 Å². The van der Waals surface area contributed by atoms with Crippen LogP contribution in [0, 0.1) is 5.92 Å². The molecule has 3 heterocycles. The molecular weight excluding hydrogens is 368 g/mol. The zero-order valence-corrected chi connectivity index (χ0v) is 16.8. The lowest BCUT2D eigenvalue weighted by atomic mass is 10.0. The number of pyridine rings is 1. The van der Waals surface area contributed by atoms with Gasteiger partial charge in [0.05, 0.1) is 22.8 Å². The predicted molar refractivity (Wildman–Crippen MR) is 111 cm³/mol. The Bertz CT molecular complexity index is 978. The Morgan fingerprint density at radius 3 is 2.79 bits per heavy atom. The SMILES string of the molecule is CC(C)(Oc1nn(CC2CCOCC2)c2ccccc12)C(=O)Nc1cccnc1. The third-order valence-corrected chi connectivity index (χ3v) is 5.21. The minimum absolute atomic E-state index is 0.256. The van der Waals surface area contributed by atoms with Crippen LogP contribution in [0.4, 0.5) is 5.69 Å². The van der Waals surface area contributed by atoms with Gasteiger partial charge in [-0.05, 0) is 56.9 Å². The molecule has 29 heavy (non-hydrogen) atoms. The van der Waals surface area contributed by atoms with Gasteiger partial charge < -0.3 is 14.8 Å². The van der Waals surface area contributed by atoms with Gasteiger partial charge in [-0.2, -0.15) is 0 Å². The van der Waals surface area contributed by atoms with Gasteiger partial charge in [-0.3, -0.25) is 14.5 Å². The zero-order chi connectivity index (χ0) is 20.3. The molecule has 0 bridgehead atoms. The number of nitrogens with one attached hydrogen (secondary N) is 1. The van der Waals surface area contributed by atoms with Crippen LogP contribution in [-0.2, 0) is 16.1 Å². The highest BCUT2D eigenvalue weighted by molar-refractivity contribution is 5.97. The van der Waals surface area contributed by atoms with E-state index in [0.29, 0.717) is 17.5 Å². The Hall–Kier alpha value is -2.93. The van der Waals surface area contributed by atoms with Crippen LogP contribution in [0.15, 0.2) is 48.8 Å². The third kappa shape index (κ3) is 4.40. The van der Waals surface area contributed by atoms with Gasteiger partial charge in [-0.15, -0.1) is 5.10 Å². The average Bonchev–Trinajstić information content (AvgIpc) is 3.06. The smallest absolute Gasteiger partial charge is 0.268 e. The average molecular weight is 394 g/mol. The van der Waals surface area contributed by atoms with E-state index in [2.05, 4.69) is 10.3 Å². The van der Waals surface area contributed by atoms with Crippen molar-refractivity contribution in [3.63, 3.8) is 0 Å². The molecule has 7 nitrogen and oxygen atoms in total. The van der Waals surface area contributed by atoms with Crippen LogP contribution in [0.2, 0.25) is 0 Å². The van der Waals surface area contributed by atoms with E-state index >= 15 is 0 Å². The number of hydrogen-bond acceptors (Lipinski definition) is 5. The van der Waals surface area contributed by atoms with Crippen molar-refractivity contribution >= 4 is 22.5 Å². The van der Waals surface area contributed by atoms with Crippen LogP contribution in [0.1, 0.15) is 26.7 Å². The second-order valence-electron chi connectivity index (χ2n) is 7.87. The van der Waals surface area contributed by atoms with Gasteiger partial charge in [0.1, 0.15) is 0 Å². The van der Waals surface area contributed by atoms with Crippen molar-refractivity contribution in [3.05, 3.63) is 48.8 Å². The third-order valence-electron chi connectivity index (χ3n) is 5.21. The molecule has 1 aromatic carbocycles. The summed E-state index contributed by atoms with van der Waals surface area (Å²) in [4.78, 5) is 16.8. The van der Waals surface area contributed by atoms with Crippen molar-refractivity contribution in [2.45, 2.75) is 38.8 Å². The van der Waals surface area contributed by atoms with E-state index in [1.807, 2.05) is 28.9 Å². The highest BCUT2D eigenvalue weighted by Gasteiger charge is 2.32. The maximum Gasteiger partial charge on any atom is 0.268 e. The Labute approximate surface area is 170 Å². The van der Waals surface area contributed by atoms with Crippen LogP contribution >= 0.6 is 0 Å². The summed E-state index contributed by atoms with van der Waals surface area (Å²) < 4.78 is 13.6. The summed E-state index contributed by atoms with van der Waals surface area (Å²) in [7, 11) is 0. The van der Waals surface area contributed by atoms with Gasteiger partial charge in [-0.25, -0.2) is 0 Å². The standard InChI is InChI=1S/C22H26N4O3/c1-22(2,21(27)24-17-6-5-11-23-14-17)29-20-18-7-3-4-8-19(18)26(25-20)15-16-9-12-28-13-10-16/h3-8,11,14,16H,9-10,12-13,15H2,1-2H3,(H,24,27). The number of fused-ring (bicyclic) bond motifs is 1. The number of nitrogens with zero attached hydrogens (tertiary/aromatic N) is 3. The maximum atomic E-state index is 12.8. The molecule has 1 aliphatic rings. The van der Waals surface area contributed by atoms with Gasteiger partial charge in [0.25, 0.3) is 5.91 Å². The number of anilines is 1. The van der Waals surface area contributed by atoms with E-state index in [-0.39, 0.29) is 5.91 Å². The fraction of sp³-hybridized carbons (Fsp3) is 0.409. The first kappa shape index (κ1) is 19.4. The molecule has 0 unspecified atom stereocenters. The molecule has 152 valence electrons. The molecule has 2 aromatic heterocycles. The van der Waals surface area contributed by atoms with Crippen LogP contribution in [-0.4, -0.2) is 39.5 Å². The van der Waals surface area contributed by atoms with Gasteiger partial charge in [0.2, 0.25) is 5.88 Å². The minimum Gasteiger partial charge on any atom is -0.460 e. The van der Waals surface area contributed by atoms with Gasteiger partial charge in [0, 0.05) is 26.0 Å². The lowest BCUT2D eigenvalue weighted by Crippen LogP contribution is -2.42. The monoisotopic (exact) mass is 394 g/mol. The summed E-state index contributed by atoms with van der Waals surface area (Å²) in [6.07, 6.45) is 5.33. The molecule has 0 aliphatic carbocycles. The minimum atomic E-state index is -1.10. The Morgan fingerprint density at radius 2 is 2.03 bits per heavy atom. The number of amides is 1. The van der Waals surface area contributed by atoms with E-state index in [1.165, 1.54) is 0 Å². The molecule has 1 saturated heterocycles. The number of carbonyl (C=O) groups is 1. The maximum absolute atomic E-state index is 12.8. The Kier molecular flexibility index (Phi) is 5.49. The summed E-state index contributed by atoms with van der Waals surface area (Å²) in [5.41, 5.74) is 0.540. The summed E-state index contributed by atoms with van der Waals surface area (Å²) >= 11 is 0. The Morgan fingerprint density at radius 1 is 1.24 bits per heavy atom. The highest BCUT2D eigenvalue weighted by Crippen LogP contribution is 2.30. The molecule has 1 fully saturated rings. The predicted octanol–water partition coefficient (Wildman–Crippen LogP) is 3.65. The molecule has 0 radical (unpaired) electrons. The largest absolute Gasteiger partial charge is 0.460 e. The molecule has 0 spiro atoms. The molecule has 7 heteroatoms. The second kappa shape index (κ2) is 8.21. The van der Waals surface area contributed by atoms with Crippen molar-refractivity contribution < 1.29 is 14.3 Å². The molecule has 0 saturated carbocycles. The molecule has 0 atom stereocenters. The first-order valence-electron chi connectivity index (χ1n) is 9.97. The van der Waals surface area contributed by atoms with Crippen molar-refractivity contribution in [2.75, 3.05) is 18.5 Å². The summed E-state index contributed by atoms with van der Waals surface area (Å²) in [5.74, 6) is 0.745. The summed E-state index contributed by atoms with van der Waals surface area (Å²) in [5, 5.41) is 8.47. The summed E-state index contributed by atoms with van der Waals surface area (Å²) in [6, 6.07) is 11.5. The highest BCUT2D eigenvalue weighted by atomic mass is 16.5. The number of hydrogen-bond donors (Lipinski definition) is 1. The molecule has 1 N–H and O–H groups in total. The normalized spacial score (nSPS) is 15.4. The van der Waals surface area contributed by atoms with E-state index in [4.69, 9.17) is 14.6 Å². The van der Waals surface area contributed by atoms with Crippen molar-refractivity contribution in [1.82, 2.24) is 14.8 Å². The molecular formula is C22H26N4O3. The zero-order valence-electron chi connectivity index (χ0n) is 16.8. The van der Waals surface area contributed by atoms with Gasteiger partial charge in [-0.1, -0.05) is 12.1 Å². The lowest BCUT2D eigenvalue weighted by Gasteiger charge is -2.24. The molecule has 3 aromatic rings. The quantitative estimate of drug-likeness (QED) is 0.690. The number of carbonyl (C=O) groups excluding carboxylic acids is 1. The molecule has 4 rings (SSSR count). The van der Waals surface area contributed by atoms with Crippen LogP contribution in [0.3, 0.4) is 0 Å². The van der Waals surface area contributed by atoms with Crippen molar-refractivity contribution in [2.24, 2.45) is 5.92 Å². The second-order valence-corrected chi connectivity index (χ2v) is 7.87. The van der Waals surface area contributed by atoms with Gasteiger partial charge in [0.15, 0.2) is 5.60 Å². The lowest BCUT2D eigenvalue weighted by molar-refractivity contribution is -0.128. The van der Waals surface area contributed by atoms with Crippen molar-refractivity contribution in [3.8, 4) is 5.88 Å². The number of benzene rings is 1. The topological polar surface area (TPSA) is 78.3 Å². The van der Waals surface area contributed by atoms with Crippen molar-refractivity contribution in [1.29, 1.82) is 0 Å². The van der Waals surface area contributed by atoms with Gasteiger partial charge >= 0.3 is 0 Å². The van der Waals surface area contributed by atoms with Crippen LogP contribution in [0.5, 0.6) is 5.88 Å². The number of para-hydroxylation sites is 1. The Balaban J connectivity index is 1.55. The number of rotatable bonds is 6. The number of aromatic nitrogens is 3. The molecule has 1 aliphatic heterocycles. The first-order valence-corrected chi connectivity index (χ1v) is 9.97. The van der Waals surface area contributed by atoms with E-state index in [0.717, 1.165) is 43.5 Å². The van der Waals surface area contributed by atoms with Crippen LogP contribution in [0.25, 0.3) is 10.9 Å². The van der Waals surface area contributed by atoms with E-state index in [9.17, 15) is 4.79 Å². The fourth-order valence-electron chi connectivity index (χ4n) is 3.49. The number of ether oxygens (including phenoxy) is 2. The molecule has 1 amide bonds. The van der Waals surface area contributed by atoms with E-state index in [1.54, 1.807) is 38.4 Å². The van der Waals surface area contributed by atoms with Crippen LogP contribution < -0.4 is 10.1 Å². The summed E-state index contributed by atoms with van der Waals surface area (Å²) in [6.45, 7) is 5.90.